The van der Waals surface area contributed by atoms with Crippen LogP contribution in [0.5, 0.6) is 0 Å². The summed E-state index contributed by atoms with van der Waals surface area (Å²) in [4.78, 5) is 72.9. The number of hydrogen-bond donors (Lipinski definition) is 3. The van der Waals surface area contributed by atoms with Crippen molar-refractivity contribution in [3.05, 3.63) is 119 Å². The van der Waals surface area contributed by atoms with Gasteiger partial charge in [-0.25, -0.2) is 9.59 Å². The Balaban J connectivity index is 1.15. The smallest absolute Gasteiger partial charge is 0.338 e. The van der Waals surface area contributed by atoms with E-state index in [1.54, 1.807) is 126 Å². The summed E-state index contributed by atoms with van der Waals surface area (Å²) in [5.41, 5.74) is -5.01. The molecule has 14 nitrogen and oxygen atoms in total. The lowest BCUT2D eigenvalue weighted by Crippen LogP contribution is -2.81. The number of esters is 3. The zero-order valence-corrected chi connectivity index (χ0v) is 48.9. The first-order valence-electron chi connectivity index (χ1n) is 29.9. The normalized spacial score (nSPS) is 27.9. The van der Waals surface area contributed by atoms with E-state index in [2.05, 4.69) is 12.2 Å². The van der Waals surface area contributed by atoms with Gasteiger partial charge < -0.3 is 44.0 Å². The number of benzene rings is 3. The van der Waals surface area contributed by atoms with Gasteiger partial charge in [-0.3, -0.25) is 14.4 Å². The molecule has 14 heteroatoms. The molecule has 0 radical (unpaired) electrons. The first-order chi connectivity index (χ1) is 38.3. The summed E-state index contributed by atoms with van der Waals surface area (Å²) in [5, 5.41) is 29.3. The maximum absolute atomic E-state index is 15.6. The van der Waals surface area contributed by atoms with E-state index in [0.717, 1.165) is 25.7 Å². The van der Waals surface area contributed by atoms with Crippen LogP contribution in [-0.4, -0.2) is 101 Å². The third kappa shape index (κ3) is 13.8. The summed E-state index contributed by atoms with van der Waals surface area (Å²) >= 11 is 0. The van der Waals surface area contributed by atoms with Crippen molar-refractivity contribution in [1.82, 2.24) is 5.32 Å². The van der Waals surface area contributed by atoms with Crippen LogP contribution in [0.15, 0.2) is 102 Å². The molecule has 0 spiro atoms. The van der Waals surface area contributed by atoms with Crippen molar-refractivity contribution in [2.75, 3.05) is 13.2 Å². The average molecular weight is 1110 g/mol. The minimum absolute atomic E-state index is 0.0649. The van der Waals surface area contributed by atoms with E-state index in [-0.39, 0.29) is 25.0 Å². The summed E-state index contributed by atoms with van der Waals surface area (Å²) in [6.45, 7) is 13.9. The Kier molecular flexibility index (Phi) is 21.9. The number of amides is 1. The SMILES string of the molecule is CCCCCCCCCCCCCCCCCCOC(C)O[C@@H](C(=O)O[C@H]1C[C@@]2(O)[C@@H](OC(=O)c3ccccc3)[C@@H]3[C@]4(OC(C)=O)CO[C@@H]4C[C@H](O)[C@@]3(C)C(=O)[C@H](C)C(=C1C)C2(C)C)[C@@H](NC(=O)c1ccccc1)c1ccccc1. The van der Waals surface area contributed by atoms with Crippen LogP contribution in [0.25, 0.3) is 0 Å². The summed E-state index contributed by atoms with van der Waals surface area (Å²) in [7, 11) is 0. The Morgan fingerprint density at radius 3 is 1.80 bits per heavy atom. The summed E-state index contributed by atoms with van der Waals surface area (Å²) in [6.07, 6.45) is 11.7. The zero-order valence-electron chi connectivity index (χ0n) is 48.9. The van der Waals surface area contributed by atoms with E-state index >= 15 is 9.59 Å². The molecule has 2 bridgehead atoms. The molecule has 438 valence electrons. The van der Waals surface area contributed by atoms with Gasteiger partial charge in [0.2, 0.25) is 0 Å². The third-order valence-corrected chi connectivity index (χ3v) is 18.2. The molecule has 7 rings (SSSR count). The lowest BCUT2D eigenvalue weighted by Gasteiger charge is -2.67. The fraction of sp³-hybridized carbons (Fsp3) is 0.621. The lowest BCUT2D eigenvalue weighted by atomic mass is 9.43. The first kappa shape index (κ1) is 62.4. The fourth-order valence-electron chi connectivity index (χ4n) is 13.7. The fourth-order valence-corrected chi connectivity index (χ4v) is 13.7. The molecule has 1 amide bonds. The molecule has 2 saturated carbocycles. The topological polar surface area (TPSA) is 193 Å². The maximum Gasteiger partial charge on any atom is 0.338 e. The van der Waals surface area contributed by atoms with Crippen molar-refractivity contribution in [2.45, 2.75) is 225 Å². The number of nitrogens with one attached hydrogen (secondary N) is 1. The highest BCUT2D eigenvalue weighted by molar-refractivity contribution is 5.95. The van der Waals surface area contributed by atoms with Crippen LogP contribution < -0.4 is 5.32 Å². The molecule has 1 aliphatic heterocycles. The van der Waals surface area contributed by atoms with Gasteiger partial charge in [0.15, 0.2) is 18.0 Å². The van der Waals surface area contributed by atoms with Crippen LogP contribution >= 0.6 is 0 Å². The van der Waals surface area contributed by atoms with Crippen LogP contribution in [0.3, 0.4) is 0 Å². The van der Waals surface area contributed by atoms with Crippen molar-refractivity contribution in [1.29, 1.82) is 0 Å². The van der Waals surface area contributed by atoms with Crippen LogP contribution in [0, 0.1) is 22.7 Å². The van der Waals surface area contributed by atoms with Gasteiger partial charge in [-0.2, -0.15) is 0 Å². The van der Waals surface area contributed by atoms with E-state index in [9.17, 15) is 24.6 Å². The standard InChI is InChI=1S/C66H91NO13/c1-9-10-11-12-13-14-15-16-17-18-19-20-21-22-23-33-40-75-47(5)77-56(55(48-34-27-24-28-35-48)67-60(71)49-36-29-25-30-37-49)62(73)78-51-42-66(74)59(79-61(72)50-38-31-26-32-39-50)57-64(8,58(70)45(3)54(44(51)2)63(66,6)7)52(69)41-53-65(57,43-76-53)80-46(4)68/h24-32,34-39,45,47,51-53,55-57,59,69,74H,9-23,33,40-43H2,1-8H3,(H,67,71)/t45-,47?,51+,52+,53-,55+,56-,57+,59+,64-,65+,66-/m1/s1. The molecule has 3 aromatic rings. The van der Waals surface area contributed by atoms with Gasteiger partial charge in [-0.15, -0.1) is 0 Å². The van der Waals surface area contributed by atoms with Crippen LogP contribution in [0.1, 0.15) is 203 Å². The molecule has 80 heavy (non-hydrogen) atoms. The second kappa shape index (κ2) is 28.2. The van der Waals surface area contributed by atoms with Gasteiger partial charge >= 0.3 is 17.9 Å². The molecular weight excluding hydrogens is 1010 g/mol. The molecule has 3 N–H and O–H groups in total. The van der Waals surface area contributed by atoms with Crippen LogP contribution in [-0.2, 0) is 42.8 Å². The van der Waals surface area contributed by atoms with E-state index in [4.69, 9.17) is 28.4 Å². The predicted octanol–water partition coefficient (Wildman–Crippen LogP) is 12.1. The number of fused-ring (bicyclic) bond motifs is 5. The first-order valence-corrected chi connectivity index (χ1v) is 29.9. The number of ether oxygens (including phenoxy) is 6. The molecule has 1 unspecified atom stereocenters. The molecule has 0 aromatic heterocycles. The average Bonchev–Trinajstić information content (AvgIpc) is 3.64. The largest absolute Gasteiger partial charge is 0.456 e. The predicted molar refractivity (Wildman–Crippen MR) is 305 cm³/mol. The molecule has 1 heterocycles. The number of aliphatic hydroxyl groups excluding tert-OH is 1. The number of aliphatic hydroxyl groups is 2. The highest BCUT2D eigenvalue weighted by atomic mass is 16.7. The van der Waals surface area contributed by atoms with E-state index in [1.807, 2.05) is 6.07 Å². The van der Waals surface area contributed by atoms with Crippen molar-refractivity contribution in [2.24, 2.45) is 22.7 Å². The number of carbonyl (C=O) groups excluding carboxylic acids is 5. The molecule has 3 aliphatic carbocycles. The number of ketones is 1. The molecular formula is C66H91NO13. The molecule has 1 saturated heterocycles. The molecule has 12 atom stereocenters. The number of hydrogen-bond acceptors (Lipinski definition) is 13. The Hall–Kier alpha value is -5.25. The minimum atomic E-state index is -2.19. The molecule has 4 aliphatic rings. The van der Waals surface area contributed by atoms with E-state index in [0.29, 0.717) is 28.9 Å². The van der Waals surface area contributed by atoms with Crippen molar-refractivity contribution >= 4 is 29.6 Å². The van der Waals surface area contributed by atoms with Gasteiger partial charge in [-0.05, 0) is 68.2 Å². The number of Topliss-reactive ketones (excluding diaryl/α,β-unsaturated/α-hetero) is 1. The van der Waals surface area contributed by atoms with Crippen molar-refractivity contribution in [3.63, 3.8) is 0 Å². The monoisotopic (exact) mass is 1110 g/mol. The summed E-state index contributed by atoms with van der Waals surface area (Å²) < 4.78 is 38.3. The van der Waals surface area contributed by atoms with Gasteiger partial charge in [0.05, 0.1) is 35.6 Å². The Labute approximate surface area is 475 Å². The Morgan fingerprint density at radius 2 is 1.27 bits per heavy atom. The second-order valence-electron chi connectivity index (χ2n) is 23.9. The highest BCUT2D eigenvalue weighted by Crippen LogP contribution is 2.65. The van der Waals surface area contributed by atoms with Crippen LogP contribution in [0.4, 0.5) is 0 Å². The quantitative estimate of drug-likeness (QED) is 0.0196. The molecule has 3 fully saturated rings. The number of carbonyl (C=O) groups is 5. The highest BCUT2D eigenvalue weighted by Gasteiger charge is 2.77. The maximum atomic E-state index is 15.6. The number of unbranched alkanes of at least 4 members (excludes halogenated alkanes) is 15. The minimum Gasteiger partial charge on any atom is -0.456 e. The van der Waals surface area contributed by atoms with Gasteiger partial charge in [0.1, 0.15) is 29.7 Å². The van der Waals surface area contributed by atoms with Gasteiger partial charge in [-0.1, -0.05) is 191 Å². The number of rotatable bonds is 29. The van der Waals surface area contributed by atoms with Crippen molar-refractivity contribution < 1.29 is 62.6 Å². The second-order valence-corrected chi connectivity index (χ2v) is 23.9. The molecule has 3 aromatic carbocycles. The summed E-state index contributed by atoms with van der Waals surface area (Å²) in [5.74, 6) is -5.69. The van der Waals surface area contributed by atoms with E-state index < -0.39 is 106 Å². The van der Waals surface area contributed by atoms with E-state index in [1.165, 1.54) is 84.0 Å². The Bertz CT molecular complexity index is 2550. The van der Waals surface area contributed by atoms with Gasteiger partial charge in [0, 0.05) is 43.3 Å². The zero-order chi connectivity index (χ0) is 57.7. The van der Waals surface area contributed by atoms with Gasteiger partial charge in [0.25, 0.3) is 5.91 Å². The third-order valence-electron chi connectivity index (χ3n) is 18.2. The Morgan fingerprint density at radius 1 is 0.750 bits per heavy atom. The lowest BCUT2D eigenvalue weighted by molar-refractivity contribution is -0.345. The van der Waals surface area contributed by atoms with Crippen LogP contribution in [0.2, 0.25) is 0 Å². The van der Waals surface area contributed by atoms with Crippen molar-refractivity contribution in [3.8, 4) is 0 Å². The summed E-state index contributed by atoms with van der Waals surface area (Å²) in [6, 6.07) is 24.7.